The van der Waals surface area contributed by atoms with Crippen molar-refractivity contribution in [3.8, 4) is 0 Å². The summed E-state index contributed by atoms with van der Waals surface area (Å²) >= 11 is 0. The fraction of sp³-hybridized carbons (Fsp3) is 0.250. The van der Waals surface area contributed by atoms with Crippen molar-refractivity contribution < 1.29 is 4.79 Å². The zero-order valence-corrected chi connectivity index (χ0v) is 11.7. The summed E-state index contributed by atoms with van der Waals surface area (Å²) in [5.41, 5.74) is 5.20. The van der Waals surface area contributed by atoms with E-state index in [-0.39, 0.29) is 5.91 Å². The van der Waals surface area contributed by atoms with E-state index in [0.29, 0.717) is 11.4 Å². The van der Waals surface area contributed by atoms with Gasteiger partial charge in [0.1, 0.15) is 0 Å². The van der Waals surface area contributed by atoms with Crippen molar-refractivity contribution in [2.75, 3.05) is 16.9 Å². The van der Waals surface area contributed by atoms with Gasteiger partial charge >= 0.3 is 0 Å². The Bertz CT molecular complexity index is 656. The summed E-state index contributed by atoms with van der Waals surface area (Å²) in [6.07, 6.45) is 4.71. The number of para-hydroxylation sites is 1. The lowest BCUT2D eigenvalue weighted by atomic mass is 10.1. The number of hydrazine groups is 1. The van der Waals surface area contributed by atoms with Gasteiger partial charge in [0.05, 0.1) is 5.56 Å². The second-order valence-corrected chi connectivity index (χ2v) is 5.09. The third-order valence-electron chi connectivity index (χ3n) is 3.78. The van der Waals surface area contributed by atoms with Crippen LogP contribution in [0, 0.1) is 0 Å². The molecule has 0 atom stereocenters. The Morgan fingerprint density at radius 2 is 2.05 bits per heavy atom. The van der Waals surface area contributed by atoms with Crippen molar-refractivity contribution in [3.63, 3.8) is 0 Å². The molecule has 0 fully saturated rings. The minimum Gasteiger partial charge on any atom is -0.308 e. The fourth-order valence-electron chi connectivity index (χ4n) is 2.74. The molecule has 1 aliphatic heterocycles. The van der Waals surface area contributed by atoms with Crippen LogP contribution in [0.2, 0.25) is 0 Å². The van der Waals surface area contributed by atoms with Gasteiger partial charge in [-0.1, -0.05) is 18.2 Å². The van der Waals surface area contributed by atoms with Crippen LogP contribution in [-0.4, -0.2) is 17.4 Å². The van der Waals surface area contributed by atoms with Crippen LogP contribution in [0.3, 0.4) is 0 Å². The number of hydrogen-bond acceptors (Lipinski definition) is 4. The van der Waals surface area contributed by atoms with Gasteiger partial charge in [-0.05, 0) is 43.0 Å². The molecule has 0 bridgehead atoms. The maximum absolute atomic E-state index is 12.9. The highest BCUT2D eigenvalue weighted by Gasteiger charge is 2.24. The lowest BCUT2D eigenvalue weighted by Crippen LogP contribution is -2.32. The van der Waals surface area contributed by atoms with E-state index in [1.807, 2.05) is 23.1 Å². The van der Waals surface area contributed by atoms with Crippen LogP contribution in [0.15, 0.2) is 42.6 Å². The number of carbonyl (C=O) groups is 1. The number of hydrogen-bond donors (Lipinski definition) is 2. The number of nitrogens with one attached hydrogen (secondary N) is 1. The normalized spacial score (nSPS) is 14.2. The minimum absolute atomic E-state index is 0.0644. The molecule has 1 aromatic carbocycles. The molecule has 3 rings (SSSR count). The fourth-order valence-corrected chi connectivity index (χ4v) is 2.74. The summed E-state index contributed by atoms with van der Waals surface area (Å²) in [6.45, 7) is 0.717. The smallest absolute Gasteiger partial charge is 0.262 e. The number of nitrogen functional groups attached to an aromatic ring is 1. The molecule has 0 saturated heterocycles. The predicted molar refractivity (Wildman–Crippen MR) is 83.1 cm³/mol. The summed E-state index contributed by atoms with van der Waals surface area (Å²) in [7, 11) is 0. The van der Waals surface area contributed by atoms with Gasteiger partial charge in [-0.15, -0.1) is 0 Å². The molecule has 0 spiro atoms. The highest BCUT2D eigenvalue weighted by Crippen LogP contribution is 2.28. The molecular formula is C16H18N4O. The molecule has 3 N–H and O–H groups in total. The Morgan fingerprint density at radius 1 is 1.19 bits per heavy atom. The van der Waals surface area contributed by atoms with Gasteiger partial charge in [0.2, 0.25) is 0 Å². The number of anilines is 2. The number of carbonyl (C=O) groups excluding carboxylic acids is 1. The van der Waals surface area contributed by atoms with Gasteiger partial charge in [0.15, 0.2) is 5.82 Å². The standard InChI is InChI=1S/C16H18N4O/c17-19-15-13(8-5-10-18-15)16(21)20-11-4-3-7-12-6-1-2-9-14(12)20/h1-2,5-6,8-10H,3-4,7,11,17H2,(H,18,19). The molecule has 0 aliphatic carbocycles. The van der Waals surface area contributed by atoms with E-state index in [4.69, 9.17) is 5.84 Å². The molecule has 1 aromatic heterocycles. The number of amides is 1. The van der Waals surface area contributed by atoms with Crippen LogP contribution in [0.5, 0.6) is 0 Å². The number of rotatable bonds is 2. The highest BCUT2D eigenvalue weighted by atomic mass is 16.2. The number of benzene rings is 1. The number of pyridine rings is 1. The van der Waals surface area contributed by atoms with Gasteiger partial charge in [0, 0.05) is 18.4 Å². The Morgan fingerprint density at radius 3 is 2.90 bits per heavy atom. The molecule has 2 heterocycles. The van der Waals surface area contributed by atoms with E-state index in [1.165, 1.54) is 5.56 Å². The quantitative estimate of drug-likeness (QED) is 0.655. The molecule has 2 aromatic rings. The first-order chi connectivity index (χ1) is 10.3. The van der Waals surface area contributed by atoms with Crippen LogP contribution < -0.4 is 16.2 Å². The zero-order chi connectivity index (χ0) is 14.7. The number of aryl methyl sites for hydroxylation is 1. The van der Waals surface area contributed by atoms with Crippen molar-refractivity contribution >= 4 is 17.4 Å². The Kier molecular flexibility index (Phi) is 3.83. The van der Waals surface area contributed by atoms with Crippen LogP contribution in [0.25, 0.3) is 0 Å². The van der Waals surface area contributed by atoms with E-state index >= 15 is 0 Å². The SMILES string of the molecule is NNc1ncccc1C(=O)N1CCCCc2ccccc21. The van der Waals surface area contributed by atoms with E-state index < -0.39 is 0 Å². The maximum atomic E-state index is 12.9. The topological polar surface area (TPSA) is 71.2 Å². The third kappa shape index (κ3) is 2.60. The van der Waals surface area contributed by atoms with E-state index in [1.54, 1.807) is 18.3 Å². The summed E-state index contributed by atoms with van der Waals surface area (Å²) < 4.78 is 0. The predicted octanol–water partition coefficient (Wildman–Crippen LogP) is 2.35. The van der Waals surface area contributed by atoms with E-state index in [9.17, 15) is 4.79 Å². The lowest BCUT2D eigenvalue weighted by molar-refractivity contribution is 0.0987. The van der Waals surface area contributed by atoms with Crippen molar-refractivity contribution in [1.29, 1.82) is 0 Å². The van der Waals surface area contributed by atoms with Crippen LogP contribution in [-0.2, 0) is 6.42 Å². The number of nitrogens with two attached hydrogens (primary N) is 1. The van der Waals surface area contributed by atoms with Gasteiger partial charge < -0.3 is 10.3 Å². The van der Waals surface area contributed by atoms with Gasteiger partial charge in [-0.3, -0.25) is 4.79 Å². The molecule has 0 unspecified atom stereocenters. The average Bonchev–Trinajstić information content (AvgIpc) is 2.76. The Hall–Kier alpha value is -2.40. The first-order valence-electron chi connectivity index (χ1n) is 7.12. The average molecular weight is 282 g/mol. The minimum atomic E-state index is -0.0644. The second kappa shape index (κ2) is 5.93. The van der Waals surface area contributed by atoms with Crippen molar-refractivity contribution in [2.24, 2.45) is 5.84 Å². The third-order valence-corrected chi connectivity index (χ3v) is 3.78. The summed E-state index contributed by atoms with van der Waals surface area (Å²) in [5.74, 6) is 5.80. The van der Waals surface area contributed by atoms with E-state index in [0.717, 1.165) is 31.5 Å². The van der Waals surface area contributed by atoms with E-state index in [2.05, 4.69) is 16.5 Å². The van der Waals surface area contributed by atoms with Crippen molar-refractivity contribution in [1.82, 2.24) is 4.98 Å². The Balaban J connectivity index is 2.01. The van der Waals surface area contributed by atoms with Crippen LogP contribution in [0.1, 0.15) is 28.8 Å². The number of fused-ring (bicyclic) bond motifs is 1. The molecular weight excluding hydrogens is 264 g/mol. The molecule has 5 heteroatoms. The van der Waals surface area contributed by atoms with Crippen molar-refractivity contribution in [3.05, 3.63) is 53.7 Å². The maximum Gasteiger partial charge on any atom is 0.262 e. The number of aromatic nitrogens is 1. The molecule has 1 amide bonds. The zero-order valence-electron chi connectivity index (χ0n) is 11.7. The summed E-state index contributed by atoms with van der Waals surface area (Å²) in [5, 5.41) is 0. The van der Waals surface area contributed by atoms with Crippen molar-refractivity contribution in [2.45, 2.75) is 19.3 Å². The molecule has 5 nitrogen and oxygen atoms in total. The van der Waals surface area contributed by atoms with Gasteiger partial charge in [-0.25, -0.2) is 10.8 Å². The summed E-state index contributed by atoms with van der Waals surface area (Å²) in [4.78, 5) is 18.8. The largest absolute Gasteiger partial charge is 0.308 e. The lowest BCUT2D eigenvalue weighted by Gasteiger charge is -2.23. The number of nitrogens with zero attached hydrogens (tertiary/aromatic N) is 2. The highest BCUT2D eigenvalue weighted by molar-refractivity contribution is 6.09. The first-order valence-corrected chi connectivity index (χ1v) is 7.12. The Labute approximate surface area is 123 Å². The van der Waals surface area contributed by atoms with Crippen LogP contribution in [0.4, 0.5) is 11.5 Å². The summed E-state index contributed by atoms with van der Waals surface area (Å²) in [6, 6.07) is 11.6. The molecule has 108 valence electrons. The molecule has 1 aliphatic rings. The molecule has 21 heavy (non-hydrogen) atoms. The molecule has 0 radical (unpaired) electrons. The van der Waals surface area contributed by atoms with Gasteiger partial charge in [-0.2, -0.15) is 0 Å². The second-order valence-electron chi connectivity index (χ2n) is 5.09. The van der Waals surface area contributed by atoms with Gasteiger partial charge in [0.25, 0.3) is 5.91 Å². The first kappa shape index (κ1) is 13.6. The monoisotopic (exact) mass is 282 g/mol. The van der Waals surface area contributed by atoms with Crippen LogP contribution >= 0.6 is 0 Å². The molecule has 0 saturated carbocycles.